The molecular formula is C38H22N2O2. The van der Waals surface area contributed by atoms with Gasteiger partial charge in [-0.05, 0) is 47.3 Å². The van der Waals surface area contributed by atoms with Gasteiger partial charge in [0, 0.05) is 38.4 Å². The maximum absolute atomic E-state index is 6.47. The number of hydrogen-bond acceptors (Lipinski definition) is 4. The average molecular weight is 539 g/mol. The molecule has 1 aliphatic heterocycles. The highest BCUT2D eigenvalue weighted by molar-refractivity contribution is 6.09. The zero-order valence-corrected chi connectivity index (χ0v) is 22.4. The van der Waals surface area contributed by atoms with E-state index in [4.69, 9.17) is 19.1 Å². The van der Waals surface area contributed by atoms with Gasteiger partial charge in [-0.1, -0.05) is 97.1 Å². The van der Waals surface area contributed by atoms with Gasteiger partial charge in [-0.15, -0.1) is 0 Å². The van der Waals surface area contributed by atoms with E-state index >= 15 is 0 Å². The highest BCUT2D eigenvalue weighted by atomic mass is 16.5. The molecule has 4 heteroatoms. The average Bonchev–Trinajstić information content (AvgIpc) is 3.44. The minimum atomic E-state index is 0.657. The van der Waals surface area contributed by atoms with Gasteiger partial charge >= 0.3 is 0 Å². The molecule has 0 saturated heterocycles. The van der Waals surface area contributed by atoms with Crippen molar-refractivity contribution in [2.45, 2.75) is 0 Å². The predicted octanol–water partition coefficient (Wildman–Crippen LogP) is 10.3. The zero-order chi connectivity index (χ0) is 27.6. The molecule has 0 N–H and O–H groups in total. The van der Waals surface area contributed by atoms with E-state index in [0.29, 0.717) is 5.82 Å². The molecule has 1 aliphatic rings. The summed E-state index contributed by atoms with van der Waals surface area (Å²) in [6.07, 6.45) is 0. The Labute approximate surface area is 241 Å². The highest BCUT2D eigenvalue weighted by Crippen LogP contribution is 2.47. The molecule has 6 aromatic carbocycles. The van der Waals surface area contributed by atoms with Gasteiger partial charge in [-0.2, -0.15) is 0 Å². The van der Waals surface area contributed by atoms with E-state index in [1.54, 1.807) is 0 Å². The maximum atomic E-state index is 6.47. The van der Waals surface area contributed by atoms with Crippen LogP contribution in [0.15, 0.2) is 138 Å². The Morgan fingerprint density at radius 2 is 1.24 bits per heavy atom. The van der Waals surface area contributed by atoms with Crippen LogP contribution in [-0.4, -0.2) is 9.97 Å². The molecule has 3 heterocycles. The van der Waals surface area contributed by atoms with Gasteiger partial charge in [0.25, 0.3) is 0 Å². The molecule has 9 rings (SSSR count). The monoisotopic (exact) mass is 538 g/mol. The summed E-state index contributed by atoms with van der Waals surface area (Å²) < 4.78 is 12.9. The highest BCUT2D eigenvalue weighted by Gasteiger charge is 2.21. The number of benzene rings is 6. The molecule has 0 spiro atoms. The van der Waals surface area contributed by atoms with Crippen molar-refractivity contribution in [2.75, 3.05) is 0 Å². The van der Waals surface area contributed by atoms with Crippen molar-refractivity contribution in [1.29, 1.82) is 0 Å². The second-order valence-corrected chi connectivity index (χ2v) is 10.6. The Balaban J connectivity index is 1.25. The lowest BCUT2D eigenvalue weighted by molar-refractivity contribution is 0.487. The van der Waals surface area contributed by atoms with Crippen molar-refractivity contribution in [3.05, 3.63) is 133 Å². The van der Waals surface area contributed by atoms with Gasteiger partial charge in [0.2, 0.25) is 0 Å². The molecule has 0 unspecified atom stereocenters. The van der Waals surface area contributed by atoms with Crippen molar-refractivity contribution in [3.63, 3.8) is 0 Å². The van der Waals surface area contributed by atoms with E-state index in [0.717, 1.165) is 72.5 Å². The number of nitrogens with zero attached hydrogens (tertiary/aromatic N) is 2. The fraction of sp³-hybridized carbons (Fsp3) is 0. The lowest BCUT2D eigenvalue weighted by atomic mass is 9.93. The summed E-state index contributed by atoms with van der Waals surface area (Å²) in [6, 6.07) is 45.5. The zero-order valence-electron chi connectivity index (χ0n) is 22.4. The van der Waals surface area contributed by atoms with Gasteiger partial charge in [0.15, 0.2) is 5.82 Å². The molecule has 0 amide bonds. The summed E-state index contributed by atoms with van der Waals surface area (Å²) in [4.78, 5) is 10.1. The number of fused-ring (bicyclic) bond motifs is 5. The van der Waals surface area contributed by atoms with Crippen LogP contribution in [0.1, 0.15) is 0 Å². The summed E-state index contributed by atoms with van der Waals surface area (Å²) in [7, 11) is 0. The predicted molar refractivity (Wildman–Crippen MR) is 169 cm³/mol. The summed E-state index contributed by atoms with van der Waals surface area (Å²) >= 11 is 0. The van der Waals surface area contributed by atoms with E-state index in [1.165, 1.54) is 10.9 Å². The van der Waals surface area contributed by atoms with Crippen LogP contribution in [0.5, 0.6) is 11.5 Å². The van der Waals surface area contributed by atoms with Crippen molar-refractivity contribution in [3.8, 4) is 56.5 Å². The molecule has 0 bridgehead atoms. The normalized spacial score (nSPS) is 12.0. The van der Waals surface area contributed by atoms with Gasteiger partial charge in [-0.25, -0.2) is 9.97 Å². The maximum Gasteiger partial charge on any atom is 0.160 e. The van der Waals surface area contributed by atoms with E-state index < -0.39 is 0 Å². The van der Waals surface area contributed by atoms with Gasteiger partial charge < -0.3 is 9.15 Å². The molecule has 4 nitrogen and oxygen atoms in total. The van der Waals surface area contributed by atoms with E-state index in [9.17, 15) is 0 Å². The van der Waals surface area contributed by atoms with Crippen LogP contribution in [0.2, 0.25) is 0 Å². The summed E-state index contributed by atoms with van der Waals surface area (Å²) in [5.41, 5.74) is 8.39. The molecular weight excluding hydrogens is 516 g/mol. The third-order valence-electron chi connectivity index (χ3n) is 8.09. The first-order valence-corrected chi connectivity index (χ1v) is 14.0. The van der Waals surface area contributed by atoms with Crippen molar-refractivity contribution in [2.24, 2.45) is 0 Å². The van der Waals surface area contributed by atoms with Gasteiger partial charge in [0.05, 0.1) is 11.4 Å². The summed E-state index contributed by atoms with van der Waals surface area (Å²) in [6.45, 7) is 0. The minimum absolute atomic E-state index is 0.657. The van der Waals surface area contributed by atoms with E-state index in [-0.39, 0.29) is 0 Å². The van der Waals surface area contributed by atoms with Crippen LogP contribution in [-0.2, 0) is 0 Å². The third kappa shape index (κ3) is 3.49. The van der Waals surface area contributed by atoms with Crippen LogP contribution in [0, 0.1) is 0 Å². The summed E-state index contributed by atoms with van der Waals surface area (Å²) in [5.74, 6) is 2.35. The number of para-hydroxylation sites is 2. The largest absolute Gasteiger partial charge is 0.456 e. The quantitative estimate of drug-likeness (QED) is 0.224. The minimum Gasteiger partial charge on any atom is -0.456 e. The number of furan rings is 1. The van der Waals surface area contributed by atoms with Crippen molar-refractivity contribution < 1.29 is 9.15 Å². The topological polar surface area (TPSA) is 48.2 Å². The second-order valence-electron chi connectivity index (χ2n) is 10.6. The molecule has 0 aliphatic carbocycles. The molecule has 2 aromatic heterocycles. The SMILES string of the molecule is c1ccc(-c2nc(-c3ccc4c(c3)Oc3cccc5cccc-4c35)cc(-c3cccc4c3oc3ccccc34)n2)cc1. The number of hydrogen-bond donors (Lipinski definition) is 0. The Morgan fingerprint density at radius 3 is 2.17 bits per heavy atom. The van der Waals surface area contributed by atoms with Crippen molar-refractivity contribution >= 4 is 32.7 Å². The number of ether oxygens (including phenoxy) is 1. The van der Waals surface area contributed by atoms with Crippen LogP contribution in [0.4, 0.5) is 0 Å². The molecule has 0 atom stereocenters. The number of rotatable bonds is 3. The first-order chi connectivity index (χ1) is 20.8. The molecule has 42 heavy (non-hydrogen) atoms. The van der Waals surface area contributed by atoms with Crippen LogP contribution in [0.25, 0.3) is 77.7 Å². The lowest BCUT2D eigenvalue weighted by Crippen LogP contribution is -1.99. The summed E-state index contributed by atoms with van der Waals surface area (Å²) in [5, 5.41) is 4.48. The van der Waals surface area contributed by atoms with Crippen LogP contribution in [0.3, 0.4) is 0 Å². The Morgan fingerprint density at radius 1 is 0.476 bits per heavy atom. The van der Waals surface area contributed by atoms with E-state index in [1.807, 2.05) is 66.7 Å². The molecule has 0 fully saturated rings. The van der Waals surface area contributed by atoms with Gasteiger partial charge in [-0.3, -0.25) is 0 Å². The Bertz CT molecular complexity index is 2330. The fourth-order valence-corrected chi connectivity index (χ4v) is 6.12. The van der Waals surface area contributed by atoms with Crippen LogP contribution >= 0.6 is 0 Å². The molecule has 0 radical (unpaired) electrons. The fourth-order valence-electron chi connectivity index (χ4n) is 6.12. The van der Waals surface area contributed by atoms with Crippen LogP contribution < -0.4 is 4.74 Å². The molecule has 8 aromatic rings. The first kappa shape index (κ1) is 23.0. The Kier molecular flexibility index (Phi) is 4.87. The number of aromatic nitrogens is 2. The van der Waals surface area contributed by atoms with Crippen molar-refractivity contribution in [1.82, 2.24) is 9.97 Å². The van der Waals surface area contributed by atoms with Gasteiger partial charge in [0.1, 0.15) is 22.7 Å². The standard InChI is InChI=1S/C38H22N2O2/c1-2-9-24(10-3-1)38-39-31(22-32(40-38)30-16-8-15-29-26-13-4-5-17-33(26)42-37(29)30)25-19-20-27-28-14-6-11-23-12-7-18-34(36(23)28)41-35(27)21-25/h1-22H. The second kappa shape index (κ2) is 8.88. The third-order valence-corrected chi connectivity index (χ3v) is 8.09. The first-order valence-electron chi connectivity index (χ1n) is 14.0. The Hall–Kier alpha value is -5.74. The molecule has 0 saturated carbocycles. The van der Waals surface area contributed by atoms with E-state index in [2.05, 4.69) is 66.7 Å². The smallest absolute Gasteiger partial charge is 0.160 e. The molecule has 196 valence electrons. The lowest BCUT2D eigenvalue weighted by Gasteiger charge is -2.22.